The third kappa shape index (κ3) is 4.72. The second-order valence-electron chi connectivity index (χ2n) is 8.36. The highest BCUT2D eigenvalue weighted by atomic mass is 32.2. The Balaban J connectivity index is 2.07. The Hall–Kier alpha value is -3.69. The normalized spacial score (nSPS) is 11.6. The summed E-state index contributed by atoms with van der Waals surface area (Å²) in [5, 5.41) is 0.628. The molecular weight excluding hydrogens is 480 g/mol. The van der Waals surface area contributed by atoms with Crippen molar-refractivity contribution in [2.45, 2.75) is 4.90 Å². The van der Waals surface area contributed by atoms with E-state index in [1.165, 1.54) is 24.3 Å². The number of rotatable bonds is 10. The lowest BCUT2D eigenvalue weighted by atomic mass is 10.1. The Labute approximate surface area is 211 Å². The Morgan fingerprint density at radius 1 is 0.833 bits per heavy atom. The van der Waals surface area contributed by atoms with Crippen molar-refractivity contribution >= 4 is 20.9 Å². The van der Waals surface area contributed by atoms with E-state index in [2.05, 4.69) is 0 Å². The van der Waals surface area contributed by atoms with E-state index in [0.29, 0.717) is 52.6 Å². The number of likely N-dealkylation sites (N-methyl/N-ethyl adjacent to an activating group) is 1. The maximum Gasteiger partial charge on any atom is 0.272 e. The molecule has 0 aliphatic heterocycles. The molecule has 4 rings (SSSR count). The largest absolute Gasteiger partial charge is 0.497 e. The van der Waals surface area contributed by atoms with Crippen LogP contribution in [-0.2, 0) is 10.0 Å². The smallest absolute Gasteiger partial charge is 0.272 e. The minimum Gasteiger partial charge on any atom is -0.497 e. The van der Waals surface area contributed by atoms with Crippen LogP contribution in [-0.4, -0.2) is 65.9 Å². The van der Waals surface area contributed by atoms with Crippen LogP contribution in [0.15, 0.2) is 71.6 Å². The van der Waals surface area contributed by atoms with Gasteiger partial charge in [-0.3, -0.25) is 0 Å². The SMILES string of the molecule is COc1ccc(S(=O)(=O)n2c(-c3ccccc3)c(OCCN(C)C)c3cc(OC)ccc32)c(OC)c1. The maximum absolute atomic E-state index is 14.3. The van der Waals surface area contributed by atoms with Crippen molar-refractivity contribution in [1.29, 1.82) is 0 Å². The lowest BCUT2D eigenvalue weighted by molar-refractivity contribution is 0.264. The van der Waals surface area contributed by atoms with E-state index in [1.54, 1.807) is 37.4 Å². The minimum absolute atomic E-state index is 0.00976. The predicted molar refractivity (Wildman–Crippen MR) is 140 cm³/mol. The Morgan fingerprint density at radius 3 is 2.14 bits per heavy atom. The molecule has 0 aliphatic rings. The van der Waals surface area contributed by atoms with Gasteiger partial charge in [0.2, 0.25) is 0 Å². The van der Waals surface area contributed by atoms with Crippen LogP contribution in [0.1, 0.15) is 0 Å². The van der Waals surface area contributed by atoms with E-state index in [9.17, 15) is 8.42 Å². The van der Waals surface area contributed by atoms with Crippen LogP contribution in [0.5, 0.6) is 23.0 Å². The van der Waals surface area contributed by atoms with Crippen LogP contribution in [0.25, 0.3) is 22.2 Å². The quantitative estimate of drug-likeness (QED) is 0.311. The average molecular weight is 511 g/mol. The summed E-state index contributed by atoms with van der Waals surface area (Å²) in [6.45, 7) is 1.03. The first-order valence-electron chi connectivity index (χ1n) is 11.3. The van der Waals surface area contributed by atoms with Crippen LogP contribution in [0, 0.1) is 0 Å². The Bertz CT molecular complexity index is 1460. The van der Waals surface area contributed by atoms with Crippen molar-refractivity contribution in [3.8, 4) is 34.3 Å². The Morgan fingerprint density at radius 2 is 1.50 bits per heavy atom. The number of fused-ring (bicyclic) bond motifs is 1. The molecule has 1 aromatic heterocycles. The van der Waals surface area contributed by atoms with Crippen LogP contribution in [0.3, 0.4) is 0 Å². The fraction of sp³-hybridized carbons (Fsp3) is 0.259. The second-order valence-corrected chi connectivity index (χ2v) is 10.1. The van der Waals surface area contributed by atoms with Crippen LogP contribution in [0.2, 0.25) is 0 Å². The predicted octanol–water partition coefficient (Wildman–Crippen LogP) is 4.51. The van der Waals surface area contributed by atoms with Gasteiger partial charge in [-0.05, 0) is 44.4 Å². The molecule has 36 heavy (non-hydrogen) atoms. The summed E-state index contributed by atoms with van der Waals surface area (Å²) in [6, 6.07) is 19.2. The van der Waals surface area contributed by atoms with Crippen molar-refractivity contribution in [2.75, 3.05) is 48.6 Å². The van der Waals surface area contributed by atoms with Crippen molar-refractivity contribution in [1.82, 2.24) is 8.87 Å². The van der Waals surface area contributed by atoms with Gasteiger partial charge in [0.1, 0.15) is 34.4 Å². The summed E-state index contributed by atoms with van der Waals surface area (Å²) < 4.78 is 52.4. The molecule has 0 radical (unpaired) electrons. The van der Waals surface area contributed by atoms with Gasteiger partial charge < -0.3 is 23.8 Å². The summed E-state index contributed by atoms with van der Waals surface area (Å²) in [7, 11) is 4.27. The molecule has 0 N–H and O–H groups in total. The van der Waals surface area contributed by atoms with Gasteiger partial charge in [0.25, 0.3) is 10.0 Å². The van der Waals surface area contributed by atoms with E-state index in [0.717, 1.165) is 0 Å². The van der Waals surface area contributed by atoms with E-state index in [4.69, 9.17) is 18.9 Å². The summed E-state index contributed by atoms with van der Waals surface area (Å²) >= 11 is 0. The fourth-order valence-electron chi connectivity index (χ4n) is 4.00. The number of aromatic nitrogens is 1. The first-order chi connectivity index (χ1) is 17.3. The van der Waals surface area contributed by atoms with Crippen molar-refractivity contribution in [3.05, 3.63) is 66.7 Å². The maximum atomic E-state index is 14.3. The van der Waals surface area contributed by atoms with E-state index < -0.39 is 10.0 Å². The molecule has 0 fully saturated rings. The summed E-state index contributed by atoms with van der Waals surface area (Å²) in [4.78, 5) is 2.01. The lowest BCUT2D eigenvalue weighted by Crippen LogP contribution is -2.20. The number of benzene rings is 3. The van der Waals surface area contributed by atoms with Crippen LogP contribution < -0.4 is 18.9 Å². The molecule has 0 spiro atoms. The molecule has 8 nitrogen and oxygen atoms in total. The molecule has 0 amide bonds. The lowest BCUT2D eigenvalue weighted by Gasteiger charge is -2.16. The molecule has 1 heterocycles. The minimum atomic E-state index is -4.15. The van der Waals surface area contributed by atoms with Crippen LogP contribution >= 0.6 is 0 Å². The van der Waals surface area contributed by atoms with E-state index in [1.807, 2.05) is 49.3 Å². The van der Waals surface area contributed by atoms with Gasteiger partial charge in [-0.2, -0.15) is 0 Å². The molecular formula is C27H30N2O6S. The molecule has 0 atom stereocenters. The van der Waals surface area contributed by atoms with Crippen molar-refractivity contribution in [3.63, 3.8) is 0 Å². The third-order valence-electron chi connectivity index (χ3n) is 5.81. The molecule has 0 aliphatic carbocycles. The van der Waals surface area contributed by atoms with Gasteiger partial charge >= 0.3 is 0 Å². The Kier molecular flexibility index (Phi) is 7.42. The standard InChI is InChI=1S/C27H30N2O6S/c1-28(2)15-16-35-27-22-17-20(32-3)11-13-23(22)29(26(27)19-9-7-6-8-10-19)36(30,31)25-14-12-21(33-4)18-24(25)34-5/h6-14,17-18H,15-16H2,1-5H3. The van der Waals surface area contributed by atoms with Gasteiger partial charge in [-0.25, -0.2) is 12.4 Å². The fourth-order valence-corrected chi connectivity index (χ4v) is 5.68. The first kappa shape index (κ1) is 25.4. The molecule has 190 valence electrons. The van der Waals surface area contributed by atoms with Gasteiger partial charge in [0, 0.05) is 23.6 Å². The van der Waals surface area contributed by atoms with Crippen LogP contribution in [0.4, 0.5) is 0 Å². The monoisotopic (exact) mass is 510 g/mol. The average Bonchev–Trinajstić information content (AvgIpc) is 3.22. The summed E-state index contributed by atoms with van der Waals surface area (Å²) in [5.41, 5.74) is 1.59. The first-order valence-corrected chi connectivity index (χ1v) is 12.8. The van der Waals surface area contributed by atoms with Gasteiger partial charge in [-0.1, -0.05) is 30.3 Å². The van der Waals surface area contributed by atoms with Gasteiger partial charge in [-0.15, -0.1) is 0 Å². The molecule has 4 aromatic rings. The zero-order valence-corrected chi connectivity index (χ0v) is 21.8. The molecule has 0 bridgehead atoms. The number of nitrogens with zero attached hydrogens (tertiary/aromatic N) is 2. The second kappa shape index (κ2) is 10.5. The zero-order valence-electron chi connectivity index (χ0n) is 21.0. The number of hydrogen-bond donors (Lipinski definition) is 0. The van der Waals surface area contributed by atoms with Gasteiger partial charge in [0.15, 0.2) is 5.75 Å². The highest BCUT2D eigenvalue weighted by molar-refractivity contribution is 7.90. The van der Waals surface area contributed by atoms with E-state index in [-0.39, 0.29) is 10.6 Å². The topological polar surface area (TPSA) is 79.2 Å². The third-order valence-corrected chi connectivity index (χ3v) is 7.56. The number of hydrogen-bond acceptors (Lipinski definition) is 7. The van der Waals surface area contributed by atoms with Gasteiger partial charge in [0.05, 0.1) is 26.8 Å². The molecule has 9 heteroatoms. The van der Waals surface area contributed by atoms with E-state index >= 15 is 0 Å². The van der Waals surface area contributed by atoms with Crippen molar-refractivity contribution in [2.24, 2.45) is 0 Å². The summed E-state index contributed by atoms with van der Waals surface area (Å²) in [6.07, 6.45) is 0. The molecule has 0 unspecified atom stereocenters. The highest BCUT2D eigenvalue weighted by Gasteiger charge is 2.31. The zero-order chi connectivity index (χ0) is 25.9. The molecule has 3 aromatic carbocycles. The number of methoxy groups -OCH3 is 3. The highest BCUT2D eigenvalue weighted by Crippen LogP contribution is 2.44. The molecule has 0 saturated heterocycles. The van der Waals surface area contributed by atoms with Crippen molar-refractivity contribution < 1.29 is 27.4 Å². The molecule has 0 saturated carbocycles. The number of ether oxygens (including phenoxy) is 4. The summed E-state index contributed by atoms with van der Waals surface area (Å²) in [5.74, 6) is 1.73.